The van der Waals surface area contributed by atoms with E-state index in [1.807, 2.05) is 46.8 Å². The molecule has 7 N–H and O–H groups in total. The molecule has 4 saturated carbocycles. The maximum absolute atomic E-state index is 14.2. The van der Waals surface area contributed by atoms with Crippen LogP contribution in [-0.4, -0.2) is 221 Å². The van der Waals surface area contributed by atoms with E-state index in [0.29, 0.717) is 58.5 Å². The van der Waals surface area contributed by atoms with E-state index in [4.69, 9.17) is 48.0 Å². The van der Waals surface area contributed by atoms with Crippen molar-refractivity contribution in [3.05, 3.63) is 119 Å². The number of carboxylic acid groups (broad SMARTS) is 2. The number of rotatable bonds is 34. The van der Waals surface area contributed by atoms with Crippen LogP contribution in [0.1, 0.15) is 115 Å². The number of methoxy groups -OCH3 is 2. The van der Waals surface area contributed by atoms with Gasteiger partial charge in [-0.05, 0) is 122 Å². The second-order valence-corrected chi connectivity index (χ2v) is 31.8. The molecule has 0 radical (unpaired) electrons. The molecule has 578 valence electrons. The molecule has 108 heavy (non-hydrogen) atoms. The number of aliphatic carboxylic acids is 1. The number of para-hydroxylation sites is 1. The van der Waals surface area contributed by atoms with Gasteiger partial charge in [-0.15, -0.1) is 0 Å². The minimum absolute atomic E-state index is 0.0464. The van der Waals surface area contributed by atoms with Crippen LogP contribution in [0.4, 0.5) is 15.7 Å². The maximum atomic E-state index is 14.2. The van der Waals surface area contributed by atoms with E-state index in [2.05, 4.69) is 34.8 Å². The van der Waals surface area contributed by atoms with Crippen LogP contribution >= 0.6 is 11.3 Å². The molecule has 6 heterocycles. The number of amides is 6. The highest BCUT2D eigenvalue weighted by molar-refractivity contribution is 7.85. The molecular weight excluding hydrogens is 1440 g/mol. The topological polar surface area (TPSA) is 415 Å². The van der Waals surface area contributed by atoms with Gasteiger partial charge in [0, 0.05) is 124 Å². The number of thiazole rings is 1. The van der Waals surface area contributed by atoms with Gasteiger partial charge in [0.2, 0.25) is 18.1 Å². The number of benzene rings is 3. The van der Waals surface area contributed by atoms with E-state index in [-0.39, 0.29) is 125 Å². The molecular formula is C74H88N10O22S2. The Hall–Kier alpha value is -9.68. The van der Waals surface area contributed by atoms with Gasteiger partial charge in [-0.3, -0.25) is 43.4 Å². The van der Waals surface area contributed by atoms with Crippen molar-refractivity contribution in [2.45, 2.75) is 135 Å². The number of hydrogen-bond acceptors (Lipinski definition) is 24. The van der Waals surface area contributed by atoms with Crippen LogP contribution in [0.3, 0.4) is 0 Å². The van der Waals surface area contributed by atoms with Crippen molar-refractivity contribution >= 4 is 90.2 Å². The number of aliphatic hydroxyl groups excluding tert-OH is 1. The molecule has 1 saturated heterocycles. The molecule has 6 aromatic rings. The molecule has 13 rings (SSSR count). The van der Waals surface area contributed by atoms with Gasteiger partial charge in [0.05, 0.1) is 61.7 Å². The first-order valence-corrected chi connectivity index (χ1v) is 38.0. The number of nitrogens with one attached hydrogen (secondary N) is 3. The summed E-state index contributed by atoms with van der Waals surface area (Å²) in [5.41, 5.74) is 3.96. The monoisotopic (exact) mass is 1530 g/mol. The Morgan fingerprint density at radius 2 is 1.60 bits per heavy atom. The fraction of sp³-hybridized carbons (Fsp3) is 0.500. The van der Waals surface area contributed by atoms with Crippen molar-refractivity contribution in [1.82, 2.24) is 40.2 Å². The Labute approximate surface area is 626 Å². The van der Waals surface area contributed by atoms with Crippen molar-refractivity contribution in [1.29, 1.82) is 0 Å². The number of anilines is 2. The smallest absolute Gasteiger partial charge is 0.410 e. The third-order valence-corrected chi connectivity index (χ3v) is 22.3. The fourth-order valence-electron chi connectivity index (χ4n) is 17.1. The highest BCUT2D eigenvalue weighted by atomic mass is 32.2. The molecule has 32 nitrogen and oxygen atoms in total. The molecule has 3 aromatic carbocycles. The van der Waals surface area contributed by atoms with Crippen LogP contribution < -0.4 is 35.1 Å². The molecule has 0 spiro atoms. The number of nitrogens with zero attached hydrogens (tertiary/aromatic N) is 7. The van der Waals surface area contributed by atoms with Crippen LogP contribution in [-0.2, 0) is 83.9 Å². The molecule has 6 atom stereocenters. The predicted molar refractivity (Wildman–Crippen MR) is 388 cm³/mol. The first-order chi connectivity index (χ1) is 51.5. The summed E-state index contributed by atoms with van der Waals surface area (Å²) < 4.78 is 83.5. The summed E-state index contributed by atoms with van der Waals surface area (Å²) in [6.07, 6.45) is 4.42. The third-order valence-electron chi connectivity index (χ3n) is 20.6. The summed E-state index contributed by atoms with van der Waals surface area (Å²) >= 11 is 1.38. The van der Waals surface area contributed by atoms with Crippen molar-refractivity contribution in [3.8, 4) is 28.4 Å². The van der Waals surface area contributed by atoms with Crippen molar-refractivity contribution in [2.24, 2.45) is 16.2 Å². The molecule has 4 aliphatic carbocycles. The van der Waals surface area contributed by atoms with E-state index in [1.54, 1.807) is 43.6 Å². The molecule has 7 aliphatic rings. The lowest BCUT2D eigenvalue weighted by Crippen LogP contribution is -2.64. The normalized spacial score (nSPS) is 23.1. The Morgan fingerprint density at radius 1 is 0.843 bits per heavy atom. The van der Waals surface area contributed by atoms with Gasteiger partial charge in [0.15, 0.2) is 16.9 Å². The number of aromatic carboxylic acids is 1. The van der Waals surface area contributed by atoms with Gasteiger partial charge in [0.25, 0.3) is 27.8 Å². The standard InChI is InChI=1S/C74H88N10O22S2/c1-44-51(49-13-15-59(79-64(49)68(93)94)82-21-18-48-52(34-82)50(12-14-55(48)100-5)65(89)80-69-78-53-8-6-7-9-58(53)107-69)33-76-84(44)43-73-38-71(2)37-72(3,39-73)41-74(40-71,42-73)104-27-24-81(23-26-99-4)70(95)103-35-45-10-11-47(32-56(45)105-63-31-46(85)30-57(106-63)67(91)92)102-29-28-101-25-20-75-66(90)54(36-108(96,97)98)77-60(86)19-22-83-61(87)16-17-62(83)88/h6-17,32-33,46,54,57,63,85H,18-31,34-43H2,1-5H3,(H,75,90)(H,77,86)(H,91,92)(H,93,94)(H,78,80,89)(H,96,97,98)/t46-,54-,57-,63+,71?,72?,73?,74?/m0/s1. The lowest BCUT2D eigenvalue weighted by Gasteiger charge is -2.69. The lowest BCUT2D eigenvalue weighted by molar-refractivity contribution is -0.248. The first kappa shape index (κ1) is 77.9. The molecule has 4 bridgehead atoms. The number of ether oxygens (including phenoxy) is 8. The Kier molecular flexibility index (Phi) is 23.5. The lowest BCUT2D eigenvalue weighted by atomic mass is 9.39. The van der Waals surface area contributed by atoms with Gasteiger partial charge in [0.1, 0.15) is 48.1 Å². The predicted octanol–water partition coefficient (Wildman–Crippen LogP) is 6.33. The van der Waals surface area contributed by atoms with Crippen LogP contribution in [0.5, 0.6) is 17.2 Å². The minimum Gasteiger partial charge on any atom is -0.496 e. The molecule has 6 amide bonds. The summed E-state index contributed by atoms with van der Waals surface area (Å²) in [6.45, 7) is 7.50. The van der Waals surface area contributed by atoms with Crippen LogP contribution in [0.15, 0.2) is 85.1 Å². The number of hydrogen-bond donors (Lipinski definition) is 7. The molecule has 34 heteroatoms. The van der Waals surface area contributed by atoms with Gasteiger partial charge in [-0.1, -0.05) is 37.3 Å². The van der Waals surface area contributed by atoms with E-state index < -0.39 is 94.1 Å². The fourth-order valence-corrected chi connectivity index (χ4v) is 18.6. The zero-order valence-corrected chi connectivity index (χ0v) is 62.1. The van der Waals surface area contributed by atoms with E-state index in [1.165, 1.54) is 29.4 Å². The quantitative estimate of drug-likeness (QED) is 0.0132. The summed E-state index contributed by atoms with van der Waals surface area (Å²) in [7, 11) is -1.65. The summed E-state index contributed by atoms with van der Waals surface area (Å²) in [6, 6.07) is 17.7. The highest BCUT2D eigenvalue weighted by Gasteiger charge is 2.66. The largest absolute Gasteiger partial charge is 0.496 e. The number of fused-ring (bicyclic) bond motifs is 2. The van der Waals surface area contributed by atoms with Crippen molar-refractivity contribution in [2.75, 3.05) is 95.9 Å². The number of carbonyl (C=O) groups is 8. The Morgan fingerprint density at radius 3 is 2.32 bits per heavy atom. The second kappa shape index (κ2) is 32.6. The second-order valence-electron chi connectivity index (χ2n) is 29.2. The molecule has 2 unspecified atom stereocenters. The highest BCUT2D eigenvalue weighted by Crippen LogP contribution is 2.72. The Balaban J connectivity index is 0.667. The molecule has 3 aliphatic heterocycles. The number of aliphatic hydroxyl groups is 1. The van der Waals surface area contributed by atoms with Crippen LogP contribution in [0.2, 0.25) is 0 Å². The average Bonchev–Trinajstić information content (AvgIpc) is 0.907. The van der Waals surface area contributed by atoms with Gasteiger partial charge >= 0.3 is 18.0 Å². The van der Waals surface area contributed by atoms with Crippen LogP contribution in [0, 0.1) is 23.2 Å². The number of pyridine rings is 1. The number of carboxylic acids is 2. The number of imide groups is 1. The Bertz CT molecular complexity index is 4510. The summed E-state index contributed by atoms with van der Waals surface area (Å²) in [4.78, 5) is 116. The van der Waals surface area contributed by atoms with Crippen molar-refractivity contribution in [3.63, 3.8) is 0 Å². The van der Waals surface area contributed by atoms with E-state index in [0.717, 1.165) is 82.6 Å². The molecule has 5 fully saturated rings. The number of carbonyl (C=O) groups excluding carboxylic acids is 6. The summed E-state index contributed by atoms with van der Waals surface area (Å²) in [5.74, 6) is -5.68. The van der Waals surface area contributed by atoms with Gasteiger partial charge < -0.3 is 73.6 Å². The average molecular weight is 1530 g/mol. The summed E-state index contributed by atoms with van der Waals surface area (Å²) in [5, 5.41) is 44.3. The van der Waals surface area contributed by atoms with E-state index >= 15 is 0 Å². The first-order valence-electron chi connectivity index (χ1n) is 35.6. The molecule has 3 aromatic heterocycles. The zero-order chi connectivity index (χ0) is 76.9. The van der Waals surface area contributed by atoms with E-state index in [9.17, 15) is 66.6 Å². The number of aromatic nitrogens is 4. The minimum atomic E-state index is -4.76. The van der Waals surface area contributed by atoms with Gasteiger partial charge in [-0.25, -0.2) is 24.4 Å². The van der Waals surface area contributed by atoms with Crippen LogP contribution in [0.25, 0.3) is 21.3 Å². The third kappa shape index (κ3) is 18.4. The maximum Gasteiger partial charge on any atom is 0.410 e. The zero-order valence-electron chi connectivity index (χ0n) is 60.4. The SMILES string of the molecule is COCCN(CCOC12CC3(C)CC(C)(CC(Cn4ncc(-c5ccc(N6CCc7c(OC)ccc(C(=O)Nc8nc9ccccc9s8)c7C6)nc5C(=O)O)c4C)(C3)C1)C2)C(=O)OCc1ccc(OCCOCCNC(=O)[C@H](CS(=O)(=O)O)NC(=O)CCN2C(=O)C=CC2=O)cc1O[C@H]1C[C@@H](O)C[C@@H](C(=O)O)O1. The van der Waals surface area contributed by atoms with Crippen molar-refractivity contribution < 1.29 is 105 Å². The van der Waals surface area contributed by atoms with Gasteiger partial charge in [-0.2, -0.15) is 13.5 Å².